The van der Waals surface area contributed by atoms with Gasteiger partial charge in [0, 0.05) is 40.7 Å². The van der Waals surface area contributed by atoms with Crippen molar-refractivity contribution in [2.75, 3.05) is 13.1 Å². The first-order chi connectivity index (χ1) is 7.36. The van der Waals surface area contributed by atoms with Crippen LogP contribution in [0.5, 0.6) is 0 Å². The van der Waals surface area contributed by atoms with E-state index in [-0.39, 0.29) is 0 Å². The van der Waals surface area contributed by atoms with Crippen molar-refractivity contribution in [1.29, 1.82) is 0 Å². The van der Waals surface area contributed by atoms with Crippen molar-refractivity contribution >= 4 is 10.8 Å². The van der Waals surface area contributed by atoms with E-state index in [1.807, 2.05) is 12.1 Å². The third kappa shape index (κ3) is 3.11. The Morgan fingerprint density at radius 3 is 2.93 bits per heavy atom. The van der Waals surface area contributed by atoms with Crippen molar-refractivity contribution in [3.05, 3.63) is 30.1 Å². The van der Waals surface area contributed by atoms with Crippen molar-refractivity contribution in [3.63, 3.8) is 0 Å². The molecule has 1 N–H and O–H groups in total. The molecule has 0 amide bonds. The Labute approximate surface area is 92.8 Å². The van der Waals surface area contributed by atoms with Gasteiger partial charge < -0.3 is 5.32 Å². The highest BCUT2D eigenvalue weighted by atomic mass is 32.2. The highest BCUT2D eigenvalue weighted by Gasteiger charge is 2.19. The second-order valence-corrected chi connectivity index (χ2v) is 5.57. The molecular formula is C11H16N2OS. The number of hydrogen-bond donors (Lipinski definition) is 1. The molecule has 0 aromatic carbocycles. The molecule has 2 atom stereocenters. The highest BCUT2D eigenvalue weighted by molar-refractivity contribution is 7.84. The summed E-state index contributed by atoms with van der Waals surface area (Å²) < 4.78 is 12.0. The van der Waals surface area contributed by atoms with E-state index in [1.165, 1.54) is 0 Å². The predicted molar refractivity (Wildman–Crippen MR) is 62.0 cm³/mol. The Morgan fingerprint density at radius 2 is 2.27 bits per heavy atom. The van der Waals surface area contributed by atoms with Crippen LogP contribution < -0.4 is 5.32 Å². The van der Waals surface area contributed by atoms with Crippen LogP contribution in [-0.2, 0) is 16.6 Å². The molecule has 1 fully saturated rings. The van der Waals surface area contributed by atoms with Gasteiger partial charge in [0.15, 0.2) is 0 Å². The van der Waals surface area contributed by atoms with Crippen LogP contribution in [0.3, 0.4) is 0 Å². The van der Waals surface area contributed by atoms with Gasteiger partial charge in [-0.05, 0) is 37.1 Å². The van der Waals surface area contributed by atoms with Gasteiger partial charge in [0.05, 0.1) is 0 Å². The summed E-state index contributed by atoms with van der Waals surface area (Å²) in [6, 6.07) is 3.88. The summed E-state index contributed by atoms with van der Waals surface area (Å²) in [5.74, 6) is 0.662. The topological polar surface area (TPSA) is 42.0 Å². The van der Waals surface area contributed by atoms with Gasteiger partial charge in [0.2, 0.25) is 0 Å². The summed E-state index contributed by atoms with van der Waals surface area (Å²) in [5.41, 5.74) is 1.12. The maximum atomic E-state index is 12.0. The summed E-state index contributed by atoms with van der Waals surface area (Å²) in [6.07, 6.45) is 5.74. The molecule has 82 valence electrons. The summed E-state index contributed by atoms with van der Waals surface area (Å²) >= 11 is 0. The van der Waals surface area contributed by atoms with Gasteiger partial charge in [-0.15, -0.1) is 0 Å². The minimum atomic E-state index is -0.748. The smallest absolute Gasteiger partial charge is 0.0490 e. The van der Waals surface area contributed by atoms with E-state index >= 15 is 0 Å². The molecule has 2 unspecified atom stereocenters. The molecule has 0 radical (unpaired) electrons. The van der Waals surface area contributed by atoms with Gasteiger partial charge in [-0.1, -0.05) is 0 Å². The normalized spacial score (nSPS) is 23.6. The largest absolute Gasteiger partial charge is 0.316 e. The monoisotopic (exact) mass is 224 g/mol. The molecule has 1 saturated heterocycles. The Kier molecular flexibility index (Phi) is 3.86. The zero-order valence-corrected chi connectivity index (χ0v) is 9.50. The first-order valence-electron chi connectivity index (χ1n) is 5.33. The lowest BCUT2D eigenvalue weighted by molar-refractivity contribution is 0.519. The third-order valence-electron chi connectivity index (χ3n) is 2.68. The minimum Gasteiger partial charge on any atom is -0.316 e. The molecule has 1 aromatic rings. The number of hydrogen-bond acceptors (Lipinski definition) is 3. The van der Waals surface area contributed by atoms with E-state index in [9.17, 15) is 4.21 Å². The summed E-state index contributed by atoms with van der Waals surface area (Å²) in [4.78, 5) is 3.95. The molecule has 1 aliphatic heterocycles. The van der Waals surface area contributed by atoms with Crippen LogP contribution in [0.15, 0.2) is 24.5 Å². The second-order valence-electron chi connectivity index (χ2n) is 3.85. The van der Waals surface area contributed by atoms with Crippen LogP contribution in [0.25, 0.3) is 0 Å². The molecule has 15 heavy (non-hydrogen) atoms. The van der Waals surface area contributed by atoms with E-state index in [0.29, 0.717) is 11.0 Å². The van der Waals surface area contributed by atoms with Gasteiger partial charge in [-0.3, -0.25) is 9.19 Å². The third-order valence-corrected chi connectivity index (χ3v) is 4.45. The Hall–Kier alpha value is -0.740. The second kappa shape index (κ2) is 5.37. The lowest BCUT2D eigenvalue weighted by atomic mass is 10.2. The molecule has 0 aliphatic carbocycles. The van der Waals surface area contributed by atoms with Gasteiger partial charge >= 0.3 is 0 Å². The summed E-state index contributed by atoms with van der Waals surface area (Å²) in [5, 5.41) is 3.62. The average Bonchev–Trinajstić information content (AvgIpc) is 2.31. The van der Waals surface area contributed by atoms with Crippen LogP contribution in [0.4, 0.5) is 0 Å². The number of piperidine rings is 1. The van der Waals surface area contributed by atoms with Crippen molar-refractivity contribution < 1.29 is 4.21 Å². The minimum absolute atomic E-state index is 0.326. The number of nitrogens with one attached hydrogen (secondary N) is 1. The van der Waals surface area contributed by atoms with Gasteiger partial charge in [0.25, 0.3) is 0 Å². The van der Waals surface area contributed by atoms with Gasteiger partial charge in [-0.2, -0.15) is 0 Å². The van der Waals surface area contributed by atoms with Crippen LogP contribution in [0, 0.1) is 0 Å². The standard InChI is InChI=1S/C11H16N2OS/c14-15(11-2-1-5-13-8-11)9-10-3-6-12-7-4-10/h3-4,6-7,11,13H,1-2,5,8-9H2. The molecule has 1 aromatic heterocycles. The summed E-state index contributed by atoms with van der Waals surface area (Å²) in [7, 11) is -0.748. The van der Waals surface area contributed by atoms with Gasteiger partial charge in [-0.25, -0.2) is 0 Å². The first-order valence-corrected chi connectivity index (χ1v) is 6.71. The molecular weight excluding hydrogens is 208 g/mol. The molecule has 0 bridgehead atoms. The van der Waals surface area contributed by atoms with Crippen molar-refractivity contribution in [1.82, 2.24) is 10.3 Å². The van der Waals surface area contributed by atoms with Crippen molar-refractivity contribution in [3.8, 4) is 0 Å². The number of nitrogens with zero attached hydrogens (tertiary/aromatic N) is 1. The van der Waals surface area contributed by atoms with E-state index in [2.05, 4.69) is 10.3 Å². The molecule has 2 rings (SSSR count). The van der Waals surface area contributed by atoms with E-state index in [1.54, 1.807) is 12.4 Å². The Bertz CT molecular complexity index is 323. The number of rotatable bonds is 3. The quantitative estimate of drug-likeness (QED) is 0.835. The number of aromatic nitrogens is 1. The average molecular weight is 224 g/mol. The van der Waals surface area contributed by atoms with E-state index in [4.69, 9.17) is 0 Å². The maximum absolute atomic E-state index is 12.0. The zero-order valence-electron chi connectivity index (χ0n) is 8.69. The van der Waals surface area contributed by atoms with Crippen LogP contribution in [-0.4, -0.2) is 27.5 Å². The van der Waals surface area contributed by atoms with Crippen LogP contribution in [0.2, 0.25) is 0 Å². The maximum Gasteiger partial charge on any atom is 0.0490 e. The zero-order chi connectivity index (χ0) is 10.5. The Morgan fingerprint density at radius 1 is 1.47 bits per heavy atom. The fraction of sp³-hybridized carbons (Fsp3) is 0.545. The van der Waals surface area contributed by atoms with Gasteiger partial charge in [0.1, 0.15) is 0 Å². The van der Waals surface area contributed by atoms with Crippen molar-refractivity contribution in [2.45, 2.75) is 23.8 Å². The Balaban J connectivity index is 1.91. The molecule has 2 heterocycles. The van der Waals surface area contributed by atoms with Crippen LogP contribution in [0.1, 0.15) is 18.4 Å². The first kappa shape index (κ1) is 10.8. The fourth-order valence-corrected chi connectivity index (χ4v) is 3.30. The van der Waals surface area contributed by atoms with E-state index < -0.39 is 10.8 Å². The van der Waals surface area contributed by atoms with E-state index in [0.717, 1.165) is 31.5 Å². The van der Waals surface area contributed by atoms with Crippen molar-refractivity contribution in [2.24, 2.45) is 0 Å². The molecule has 1 aliphatic rings. The predicted octanol–water partition coefficient (Wildman–Crippen LogP) is 1.08. The summed E-state index contributed by atoms with van der Waals surface area (Å²) in [6.45, 7) is 1.97. The molecule has 0 spiro atoms. The fourth-order valence-electron chi connectivity index (χ4n) is 1.81. The number of pyridine rings is 1. The highest BCUT2D eigenvalue weighted by Crippen LogP contribution is 2.12. The lowest BCUT2D eigenvalue weighted by Gasteiger charge is -2.21. The molecule has 3 nitrogen and oxygen atoms in total. The SMILES string of the molecule is O=S(Cc1ccncc1)C1CCCNC1. The van der Waals surface area contributed by atoms with Crippen LogP contribution >= 0.6 is 0 Å². The lowest BCUT2D eigenvalue weighted by Crippen LogP contribution is -2.36. The molecule has 0 saturated carbocycles. The molecule has 4 heteroatoms.